The number of nitrogens with zero attached hydrogens (tertiary/aromatic N) is 3. The van der Waals surface area contributed by atoms with Crippen LogP contribution in [0.3, 0.4) is 0 Å². The van der Waals surface area contributed by atoms with Crippen molar-refractivity contribution in [2.75, 3.05) is 25.0 Å². The van der Waals surface area contributed by atoms with Gasteiger partial charge in [-0.3, -0.25) is 4.79 Å². The molecular weight excluding hydrogens is 409 g/mol. The van der Waals surface area contributed by atoms with Gasteiger partial charge in [-0.1, -0.05) is 43.7 Å². The fourth-order valence-corrected chi connectivity index (χ4v) is 3.17. The van der Waals surface area contributed by atoms with Crippen molar-refractivity contribution in [2.24, 2.45) is 0 Å². The maximum atomic E-state index is 13.4. The summed E-state index contributed by atoms with van der Waals surface area (Å²) in [5.74, 6) is -0.272. The van der Waals surface area contributed by atoms with Crippen LogP contribution in [-0.4, -0.2) is 46.3 Å². The average Bonchev–Trinajstić information content (AvgIpc) is 3.22. The Morgan fingerprint density at radius 3 is 2.44 bits per heavy atom. The number of benzene rings is 2. The van der Waals surface area contributed by atoms with Gasteiger partial charge >= 0.3 is 6.03 Å². The molecule has 0 aliphatic heterocycles. The Balaban J connectivity index is 1.81. The lowest BCUT2D eigenvalue weighted by Gasteiger charge is -2.21. The molecule has 0 saturated heterocycles. The van der Waals surface area contributed by atoms with E-state index in [1.165, 1.54) is 17.0 Å². The van der Waals surface area contributed by atoms with Gasteiger partial charge in [-0.05, 0) is 37.6 Å². The Morgan fingerprint density at radius 1 is 1.06 bits per heavy atom. The van der Waals surface area contributed by atoms with Crippen LogP contribution in [0.5, 0.6) is 0 Å². The Bertz CT molecular complexity index is 1030. The number of nitrogens with one attached hydrogen (secondary N) is 2. The Kier molecular flexibility index (Phi) is 7.96. The number of aromatic nitrogens is 2. The zero-order chi connectivity index (χ0) is 22.9. The molecule has 0 aliphatic carbocycles. The molecule has 0 atom stereocenters. The molecule has 1 aromatic heterocycles. The van der Waals surface area contributed by atoms with E-state index in [9.17, 15) is 14.0 Å². The van der Waals surface area contributed by atoms with E-state index in [0.29, 0.717) is 30.3 Å². The molecular formula is C24H28FN5O2. The predicted octanol–water partition coefficient (Wildman–Crippen LogP) is 4.45. The molecule has 0 fully saturated rings. The molecule has 32 heavy (non-hydrogen) atoms. The highest BCUT2D eigenvalue weighted by molar-refractivity contribution is 5.94. The number of halogens is 1. The number of unbranched alkanes of at least 4 members (excludes halogenated alkanes) is 1. The first-order chi connectivity index (χ1) is 15.5. The van der Waals surface area contributed by atoms with E-state index in [1.54, 1.807) is 22.9 Å². The third kappa shape index (κ3) is 5.94. The third-order valence-electron chi connectivity index (χ3n) is 4.93. The molecule has 2 N–H and O–H groups in total. The van der Waals surface area contributed by atoms with Gasteiger partial charge in [-0.15, -0.1) is 0 Å². The highest BCUT2D eigenvalue weighted by Crippen LogP contribution is 2.25. The van der Waals surface area contributed by atoms with Gasteiger partial charge in [0.2, 0.25) is 5.91 Å². The summed E-state index contributed by atoms with van der Waals surface area (Å²) in [6.07, 6.45) is 1.86. The Hall–Kier alpha value is -3.68. The van der Waals surface area contributed by atoms with E-state index in [1.807, 2.05) is 44.2 Å². The predicted molar refractivity (Wildman–Crippen MR) is 123 cm³/mol. The summed E-state index contributed by atoms with van der Waals surface area (Å²) >= 11 is 0. The number of carbonyl (C=O) groups excluding carboxylic acids is 2. The number of likely N-dealkylation sites (N-methyl/N-ethyl adjacent to an activating group) is 1. The van der Waals surface area contributed by atoms with Crippen molar-refractivity contribution >= 4 is 17.8 Å². The van der Waals surface area contributed by atoms with Crippen LogP contribution in [0.4, 0.5) is 15.0 Å². The molecule has 3 aromatic rings. The summed E-state index contributed by atoms with van der Waals surface area (Å²) in [6.45, 7) is 4.75. The minimum Gasteiger partial charge on any atom is -0.338 e. The zero-order valence-electron chi connectivity index (χ0n) is 18.3. The minimum absolute atomic E-state index is 0.0935. The number of amides is 3. The maximum Gasteiger partial charge on any atom is 0.317 e. The van der Waals surface area contributed by atoms with Crippen LogP contribution >= 0.6 is 0 Å². The SMILES string of the molecule is CCCCNC(=O)N(CC)CC(=O)Nc1cc(-c2ccccc2)nn1-c1ccc(F)cc1. The lowest BCUT2D eigenvalue weighted by Crippen LogP contribution is -2.44. The molecule has 3 amide bonds. The zero-order valence-corrected chi connectivity index (χ0v) is 18.3. The monoisotopic (exact) mass is 437 g/mol. The fourth-order valence-electron chi connectivity index (χ4n) is 3.17. The maximum absolute atomic E-state index is 13.4. The van der Waals surface area contributed by atoms with Crippen molar-refractivity contribution in [3.63, 3.8) is 0 Å². The largest absolute Gasteiger partial charge is 0.338 e. The Morgan fingerprint density at radius 2 is 1.78 bits per heavy atom. The van der Waals surface area contributed by atoms with Gasteiger partial charge in [0, 0.05) is 24.7 Å². The van der Waals surface area contributed by atoms with Crippen LogP contribution in [-0.2, 0) is 4.79 Å². The number of urea groups is 1. The van der Waals surface area contributed by atoms with Gasteiger partial charge in [0.1, 0.15) is 18.2 Å². The number of hydrogen-bond acceptors (Lipinski definition) is 3. The van der Waals surface area contributed by atoms with Gasteiger partial charge in [0.15, 0.2) is 0 Å². The van der Waals surface area contributed by atoms with E-state index in [0.717, 1.165) is 18.4 Å². The smallest absolute Gasteiger partial charge is 0.317 e. The van der Waals surface area contributed by atoms with E-state index < -0.39 is 0 Å². The second-order valence-corrected chi connectivity index (χ2v) is 7.32. The second-order valence-electron chi connectivity index (χ2n) is 7.32. The lowest BCUT2D eigenvalue weighted by atomic mass is 10.1. The van der Waals surface area contributed by atoms with Crippen molar-refractivity contribution in [2.45, 2.75) is 26.7 Å². The van der Waals surface area contributed by atoms with Crippen LogP contribution in [0.25, 0.3) is 16.9 Å². The number of carbonyl (C=O) groups is 2. The molecule has 2 aromatic carbocycles. The third-order valence-corrected chi connectivity index (χ3v) is 4.93. The van der Waals surface area contributed by atoms with Gasteiger partial charge in [0.25, 0.3) is 0 Å². The minimum atomic E-state index is -0.359. The molecule has 0 radical (unpaired) electrons. The van der Waals surface area contributed by atoms with Crippen molar-refractivity contribution in [1.82, 2.24) is 20.0 Å². The van der Waals surface area contributed by atoms with E-state index in [4.69, 9.17) is 0 Å². The summed E-state index contributed by atoms with van der Waals surface area (Å²) in [5.41, 5.74) is 2.15. The molecule has 0 saturated carbocycles. The molecule has 8 heteroatoms. The molecule has 0 spiro atoms. The van der Waals surface area contributed by atoms with E-state index in [2.05, 4.69) is 15.7 Å². The quantitative estimate of drug-likeness (QED) is 0.486. The van der Waals surface area contributed by atoms with Crippen LogP contribution in [0, 0.1) is 5.82 Å². The topological polar surface area (TPSA) is 79.3 Å². The van der Waals surface area contributed by atoms with Crippen molar-refractivity contribution in [3.8, 4) is 16.9 Å². The standard InChI is InChI=1S/C24H28FN5O2/c1-3-5-15-26-24(32)29(4-2)17-23(31)27-22-16-21(18-9-7-6-8-10-18)28-30(22)20-13-11-19(25)12-14-20/h6-14,16H,3-5,15,17H2,1-2H3,(H,26,32)(H,27,31). The first-order valence-electron chi connectivity index (χ1n) is 10.8. The normalized spacial score (nSPS) is 10.6. The van der Waals surface area contributed by atoms with Crippen LogP contribution in [0.15, 0.2) is 60.7 Å². The molecule has 0 aliphatic rings. The van der Waals surface area contributed by atoms with Crippen molar-refractivity contribution in [3.05, 3.63) is 66.5 Å². The number of hydrogen-bond donors (Lipinski definition) is 2. The molecule has 0 unspecified atom stereocenters. The van der Waals surface area contributed by atoms with Crippen LogP contribution in [0.1, 0.15) is 26.7 Å². The highest BCUT2D eigenvalue weighted by atomic mass is 19.1. The summed E-state index contributed by atoms with van der Waals surface area (Å²) < 4.78 is 15.0. The van der Waals surface area contributed by atoms with E-state index >= 15 is 0 Å². The molecule has 7 nitrogen and oxygen atoms in total. The molecule has 3 rings (SSSR count). The molecule has 0 bridgehead atoms. The van der Waals surface area contributed by atoms with Gasteiger partial charge < -0.3 is 15.5 Å². The fraction of sp³-hybridized carbons (Fsp3) is 0.292. The summed E-state index contributed by atoms with van der Waals surface area (Å²) in [4.78, 5) is 26.5. The first-order valence-corrected chi connectivity index (χ1v) is 10.8. The summed E-state index contributed by atoms with van der Waals surface area (Å²) in [7, 11) is 0. The molecule has 1 heterocycles. The molecule has 168 valence electrons. The van der Waals surface area contributed by atoms with Gasteiger partial charge in [-0.2, -0.15) is 5.10 Å². The van der Waals surface area contributed by atoms with Crippen LogP contribution in [0.2, 0.25) is 0 Å². The summed E-state index contributed by atoms with van der Waals surface area (Å²) in [6, 6.07) is 16.9. The van der Waals surface area contributed by atoms with Gasteiger partial charge in [-0.25, -0.2) is 13.9 Å². The second kappa shape index (κ2) is 11.1. The number of anilines is 1. The number of rotatable bonds is 9. The van der Waals surface area contributed by atoms with Crippen molar-refractivity contribution in [1.29, 1.82) is 0 Å². The first kappa shape index (κ1) is 23.0. The summed E-state index contributed by atoms with van der Waals surface area (Å²) in [5, 5.41) is 10.3. The lowest BCUT2D eigenvalue weighted by molar-refractivity contribution is -0.116. The highest BCUT2D eigenvalue weighted by Gasteiger charge is 2.18. The van der Waals surface area contributed by atoms with E-state index in [-0.39, 0.29) is 24.3 Å². The van der Waals surface area contributed by atoms with Crippen molar-refractivity contribution < 1.29 is 14.0 Å². The average molecular weight is 438 g/mol. The van der Waals surface area contributed by atoms with Gasteiger partial charge in [0.05, 0.1) is 11.4 Å². The van der Waals surface area contributed by atoms with Crippen LogP contribution < -0.4 is 10.6 Å². The Labute approximate surface area is 187 Å².